The molecule has 0 saturated carbocycles. The van der Waals surface area contributed by atoms with Gasteiger partial charge in [0.1, 0.15) is 5.82 Å². The summed E-state index contributed by atoms with van der Waals surface area (Å²) in [6.45, 7) is 0. The summed E-state index contributed by atoms with van der Waals surface area (Å²) >= 11 is 0. The van der Waals surface area contributed by atoms with Gasteiger partial charge in [-0.15, -0.1) is 0 Å². The molecule has 3 aromatic rings. The quantitative estimate of drug-likeness (QED) is 0.611. The lowest BCUT2D eigenvalue weighted by Gasteiger charge is -2.05. The molecule has 0 bridgehead atoms. The first kappa shape index (κ1) is 11.0. The average molecular weight is 236 g/mol. The van der Waals surface area contributed by atoms with Crippen molar-refractivity contribution in [3.05, 3.63) is 83.7 Å². The molecule has 0 aliphatic heterocycles. The number of benzene rings is 3. The summed E-state index contributed by atoms with van der Waals surface area (Å²) in [6.07, 6.45) is 0.636. The van der Waals surface area contributed by atoms with Crippen molar-refractivity contribution in [2.24, 2.45) is 0 Å². The Morgan fingerprint density at radius 2 is 1.44 bits per heavy atom. The second-order valence-electron chi connectivity index (χ2n) is 4.45. The summed E-state index contributed by atoms with van der Waals surface area (Å²) in [7, 11) is 0. The molecule has 18 heavy (non-hydrogen) atoms. The number of halogens is 1. The predicted octanol–water partition coefficient (Wildman–Crippen LogP) is 4.57. The van der Waals surface area contributed by atoms with E-state index in [4.69, 9.17) is 0 Å². The van der Waals surface area contributed by atoms with Gasteiger partial charge >= 0.3 is 0 Å². The molecule has 0 saturated heterocycles. The summed E-state index contributed by atoms with van der Waals surface area (Å²) in [4.78, 5) is 0. The second kappa shape index (κ2) is 4.61. The largest absolute Gasteiger partial charge is 0.207 e. The highest BCUT2D eigenvalue weighted by Gasteiger charge is 2.02. The zero-order valence-corrected chi connectivity index (χ0v) is 9.94. The highest BCUT2D eigenvalue weighted by Crippen LogP contribution is 2.19. The van der Waals surface area contributed by atoms with E-state index in [1.54, 1.807) is 6.07 Å². The third-order valence-corrected chi connectivity index (χ3v) is 3.17. The summed E-state index contributed by atoms with van der Waals surface area (Å²) < 4.78 is 13.6. The molecule has 1 heteroatoms. The molecule has 0 nitrogen and oxygen atoms in total. The smallest absolute Gasteiger partial charge is 0.126 e. The van der Waals surface area contributed by atoms with Crippen molar-refractivity contribution >= 4 is 10.8 Å². The van der Waals surface area contributed by atoms with Crippen molar-refractivity contribution in [1.82, 2.24) is 0 Å². The van der Waals surface area contributed by atoms with Gasteiger partial charge in [0.2, 0.25) is 0 Å². The van der Waals surface area contributed by atoms with Crippen molar-refractivity contribution < 1.29 is 4.39 Å². The van der Waals surface area contributed by atoms with Crippen LogP contribution in [0.1, 0.15) is 11.1 Å². The van der Waals surface area contributed by atoms with Crippen molar-refractivity contribution in [2.75, 3.05) is 0 Å². The molecule has 0 aliphatic rings. The van der Waals surface area contributed by atoms with E-state index in [-0.39, 0.29) is 5.82 Å². The van der Waals surface area contributed by atoms with Crippen molar-refractivity contribution in [3.8, 4) is 0 Å². The van der Waals surface area contributed by atoms with Crippen LogP contribution in [-0.2, 0) is 6.42 Å². The van der Waals surface area contributed by atoms with E-state index in [0.29, 0.717) is 6.42 Å². The molecule has 0 amide bonds. The monoisotopic (exact) mass is 236 g/mol. The number of hydrogen-bond donors (Lipinski definition) is 0. The lowest BCUT2D eigenvalue weighted by molar-refractivity contribution is 0.614. The van der Waals surface area contributed by atoms with E-state index in [1.807, 2.05) is 24.3 Å². The minimum Gasteiger partial charge on any atom is -0.207 e. The third kappa shape index (κ3) is 2.12. The highest BCUT2D eigenvalue weighted by atomic mass is 19.1. The topological polar surface area (TPSA) is 0 Å². The summed E-state index contributed by atoms with van der Waals surface area (Å²) in [5.41, 5.74) is 1.88. The minimum absolute atomic E-state index is 0.134. The first-order valence-corrected chi connectivity index (χ1v) is 6.04. The van der Waals surface area contributed by atoms with E-state index in [2.05, 4.69) is 30.3 Å². The van der Waals surface area contributed by atoms with Gasteiger partial charge in [-0.1, -0.05) is 60.7 Å². The van der Waals surface area contributed by atoms with Crippen LogP contribution in [0.2, 0.25) is 0 Å². The van der Waals surface area contributed by atoms with Crippen LogP contribution in [-0.4, -0.2) is 0 Å². The molecular formula is C17H13F. The van der Waals surface area contributed by atoms with Crippen molar-refractivity contribution in [3.63, 3.8) is 0 Å². The number of rotatable bonds is 2. The van der Waals surface area contributed by atoms with Crippen LogP contribution >= 0.6 is 0 Å². The minimum atomic E-state index is -0.134. The zero-order valence-electron chi connectivity index (χ0n) is 9.94. The third-order valence-electron chi connectivity index (χ3n) is 3.17. The van der Waals surface area contributed by atoms with Crippen LogP contribution in [0.15, 0.2) is 66.7 Å². The molecule has 0 aliphatic carbocycles. The molecule has 0 fully saturated rings. The van der Waals surface area contributed by atoms with Gasteiger partial charge < -0.3 is 0 Å². The van der Waals surface area contributed by atoms with E-state index < -0.39 is 0 Å². The lowest BCUT2D eigenvalue weighted by Crippen LogP contribution is -1.92. The molecule has 0 atom stereocenters. The SMILES string of the molecule is Fc1ccccc1Cc1ccc2ccccc2c1. The standard InChI is InChI=1S/C17H13F/c18-17-8-4-3-7-16(17)12-13-9-10-14-5-1-2-6-15(14)11-13/h1-11H,12H2. The maximum absolute atomic E-state index is 13.6. The summed E-state index contributed by atoms with van der Waals surface area (Å²) in [5.74, 6) is -0.134. The molecule has 0 aromatic heterocycles. The van der Waals surface area contributed by atoms with E-state index >= 15 is 0 Å². The maximum Gasteiger partial charge on any atom is 0.126 e. The van der Waals surface area contributed by atoms with Crippen LogP contribution in [0.4, 0.5) is 4.39 Å². The lowest BCUT2D eigenvalue weighted by atomic mass is 10.0. The molecule has 0 spiro atoms. The Bertz CT molecular complexity index is 686. The van der Waals surface area contributed by atoms with E-state index in [9.17, 15) is 4.39 Å². The van der Waals surface area contributed by atoms with Gasteiger partial charge in [-0.3, -0.25) is 0 Å². The van der Waals surface area contributed by atoms with Crippen LogP contribution in [0.25, 0.3) is 10.8 Å². The Morgan fingerprint density at radius 1 is 0.722 bits per heavy atom. The zero-order chi connectivity index (χ0) is 12.4. The van der Waals surface area contributed by atoms with Gasteiger partial charge in [0.25, 0.3) is 0 Å². The molecule has 0 radical (unpaired) electrons. The summed E-state index contributed by atoms with van der Waals surface area (Å²) in [5, 5.41) is 2.42. The maximum atomic E-state index is 13.6. The molecule has 0 N–H and O–H groups in total. The van der Waals surface area contributed by atoms with Gasteiger partial charge in [0, 0.05) is 6.42 Å². The van der Waals surface area contributed by atoms with E-state index in [0.717, 1.165) is 11.1 Å². The van der Waals surface area contributed by atoms with Gasteiger partial charge in [-0.2, -0.15) is 0 Å². The normalized spacial score (nSPS) is 10.7. The Kier molecular flexibility index (Phi) is 2.81. The van der Waals surface area contributed by atoms with Crippen LogP contribution < -0.4 is 0 Å². The first-order valence-electron chi connectivity index (χ1n) is 6.04. The van der Waals surface area contributed by atoms with Crippen molar-refractivity contribution in [2.45, 2.75) is 6.42 Å². The Balaban J connectivity index is 1.98. The second-order valence-corrected chi connectivity index (χ2v) is 4.45. The molecule has 0 heterocycles. The number of fused-ring (bicyclic) bond motifs is 1. The molecule has 3 aromatic carbocycles. The van der Waals surface area contributed by atoms with Gasteiger partial charge in [-0.05, 0) is 28.0 Å². The van der Waals surface area contributed by atoms with Gasteiger partial charge in [0.15, 0.2) is 0 Å². The van der Waals surface area contributed by atoms with Crippen molar-refractivity contribution in [1.29, 1.82) is 0 Å². The van der Waals surface area contributed by atoms with Crippen LogP contribution in [0.5, 0.6) is 0 Å². The molecule has 3 rings (SSSR count). The predicted molar refractivity (Wildman–Crippen MR) is 73.2 cm³/mol. The fourth-order valence-electron chi connectivity index (χ4n) is 2.21. The first-order chi connectivity index (χ1) is 8.83. The number of hydrogen-bond acceptors (Lipinski definition) is 0. The fraction of sp³-hybridized carbons (Fsp3) is 0.0588. The Morgan fingerprint density at radius 3 is 2.28 bits per heavy atom. The summed E-state index contributed by atoms with van der Waals surface area (Å²) in [6, 6.07) is 21.4. The Hall–Kier alpha value is -2.15. The molecule has 88 valence electrons. The van der Waals surface area contributed by atoms with Gasteiger partial charge in [-0.25, -0.2) is 4.39 Å². The van der Waals surface area contributed by atoms with Crippen LogP contribution in [0, 0.1) is 5.82 Å². The van der Waals surface area contributed by atoms with E-state index in [1.165, 1.54) is 16.8 Å². The van der Waals surface area contributed by atoms with Gasteiger partial charge in [0.05, 0.1) is 0 Å². The average Bonchev–Trinajstić information content (AvgIpc) is 2.41. The van der Waals surface area contributed by atoms with Crippen LogP contribution in [0.3, 0.4) is 0 Å². The Labute approximate surface area is 106 Å². The highest BCUT2D eigenvalue weighted by molar-refractivity contribution is 5.83. The molecule has 0 unspecified atom stereocenters. The fourth-order valence-corrected chi connectivity index (χ4v) is 2.21. The molecular weight excluding hydrogens is 223 g/mol.